The van der Waals surface area contributed by atoms with Crippen molar-refractivity contribution in [2.45, 2.75) is 25.7 Å². The van der Waals surface area contributed by atoms with E-state index in [1.165, 1.54) is 5.56 Å². The molecule has 0 fully saturated rings. The van der Waals surface area contributed by atoms with E-state index in [-0.39, 0.29) is 30.8 Å². The first kappa shape index (κ1) is 17.3. The Bertz CT molecular complexity index is 912. The highest BCUT2D eigenvalue weighted by atomic mass is 16.5. The number of hydrogen-bond donors (Lipinski definition) is 0. The number of cyclic esters (lactones) is 1. The third-order valence-corrected chi connectivity index (χ3v) is 5.24. The van der Waals surface area contributed by atoms with Gasteiger partial charge in [-0.05, 0) is 41.8 Å². The maximum absolute atomic E-state index is 13.0. The molecule has 0 radical (unpaired) electrons. The molecule has 1 atom stereocenters. The van der Waals surface area contributed by atoms with Crippen LogP contribution < -0.4 is 9.64 Å². The molecule has 0 N–H and O–H groups in total. The van der Waals surface area contributed by atoms with Gasteiger partial charge in [0.1, 0.15) is 12.4 Å². The van der Waals surface area contributed by atoms with Crippen LogP contribution in [0.15, 0.2) is 59.8 Å². The van der Waals surface area contributed by atoms with Crippen LogP contribution in [0.4, 0.5) is 5.69 Å². The molecule has 1 amide bonds. The minimum atomic E-state index is -0.339. The third-order valence-electron chi connectivity index (χ3n) is 5.24. The van der Waals surface area contributed by atoms with E-state index in [1.807, 2.05) is 48.5 Å². The fourth-order valence-corrected chi connectivity index (χ4v) is 3.76. The molecule has 1 unspecified atom stereocenters. The number of benzene rings is 2. The topological polar surface area (TPSA) is 55.8 Å². The molecule has 2 heterocycles. The Hall–Kier alpha value is -3.08. The number of rotatable bonds is 4. The molecule has 0 saturated carbocycles. The van der Waals surface area contributed by atoms with Crippen LogP contribution in [0.1, 0.15) is 30.4 Å². The molecule has 5 nitrogen and oxygen atoms in total. The van der Waals surface area contributed by atoms with Gasteiger partial charge in [-0.25, -0.2) is 4.79 Å². The van der Waals surface area contributed by atoms with Crippen molar-refractivity contribution >= 4 is 17.6 Å². The van der Waals surface area contributed by atoms with Gasteiger partial charge in [0.05, 0.1) is 18.4 Å². The number of ether oxygens (including phenoxy) is 2. The van der Waals surface area contributed by atoms with Gasteiger partial charge in [0, 0.05) is 18.0 Å². The maximum atomic E-state index is 13.0. The summed E-state index contributed by atoms with van der Waals surface area (Å²) in [6, 6.07) is 15.4. The van der Waals surface area contributed by atoms with Gasteiger partial charge < -0.3 is 9.47 Å². The molecule has 27 heavy (non-hydrogen) atoms. The molecule has 2 aromatic carbocycles. The number of nitrogens with zero attached hydrogens (tertiary/aromatic N) is 1. The predicted molar refractivity (Wildman–Crippen MR) is 102 cm³/mol. The van der Waals surface area contributed by atoms with Crippen molar-refractivity contribution in [1.29, 1.82) is 0 Å². The Kier molecular flexibility index (Phi) is 4.44. The highest BCUT2D eigenvalue weighted by Crippen LogP contribution is 2.42. The zero-order valence-corrected chi connectivity index (χ0v) is 15.4. The van der Waals surface area contributed by atoms with E-state index in [1.54, 1.807) is 12.0 Å². The minimum absolute atomic E-state index is 0.0304. The molecule has 0 spiro atoms. The lowest BCUT2D eigenvalue weighted by molar-refractivity contribution is -0.136. The third kappa shape index (κ3) is 2.99. The van der Waals surface area contributed by atoms with Crippen molar-refractivity contribution in [3.63, 3.8) is 0 Å². The molecule has 5 heteroatoms. The smallest absolute Gasteiger partial charge is 0.336 e. The van der Waals surface area contributed by atoms with Gasteiger partial charge in [-0.2, -0.15) is 0 Å². The predicted octanol–water partition coefficient (Wildman–Crippen LogP) is 3.59. The lowest BCUT2D eigenvalue weighted by Gasteiger charge is -2.32. The number of hydrogen-bond acceptors (Lipinski definition) is 4. The van der Waals surface area contributed by atoms with Crippen LogP contribution in [0.2, 0.25) is 0 Å². The second-order valence-corrected chi connectivity index (χ2v) is 6.72. The molecule has 0 aromatic heterocycles. The monoisotopic (exact) mass is 363 g/mol. The van der Waals surface area contributed by atoms with Crippen LogP contribution >= 0.6 is 0 Å². The summed E-state index contributed by atoms with van der Waals surface area (Å²) in [5.74, 6) is 0.0758. The Morgan fingerprint density at radius 3 is 2.41 bits per heavy atom. The average molecular weight is 363 g/mol. The molecule has 2 aliphatic heterocycles. The summed E-state index contributed by atoms with van der Waals surface area (Å²) >= 11 is 0. The summed E-state index contributed by atoms with van der Waals surface area (Å²) in [7, 11) is 1.61. The first-order chi connectivity index (χ1) is 13.1. The van der Waals surface area contributed by atoms with Crippen molar-refractivity contribution in [3.8, 4) is 5.75 Å². The summed E-state index contributed by atoms with van der Waals surface area (Å²) in [5.41, 5.74) is 4.13. The van der Waals surface area contributed by atoms with Crippen LogP contribution in [0.25, 0.3) is 0 Å². The highest BCUT2D eigenvalue weighted by Gasteiger charge is 2.42. The van der Waals surface area contributed by atoms with Gasteiger partial charge >= 0.3 is 5.97 Å². The second kappa shape index (κ2) is 6.91. The Morgan fingerprint density at radius 1 is 1.07 bits per heavy atom. The van der Waals surface area contributed by atoms with Gasteiger partial charge in [-0.15, -0.1) is 0 Å². The van der Waals surface area contributed by atoms with E-state index in [4.69, 9.17) is 9.47 Å². The number of carbonyl (C=O) groups excluding carboxylic acids is 2. The zero-order valence-electron chi connectivity index (χ0n) is 15.4. The molecule has 2 aliphatic rings. The van der Waals surface area contributed by atoms with Crippen LogP contribution in [-0.2, 0) is 20.7 Å². The van der Waals surface area contributed by atoms with Gasteiger partial charge in [0.25, 0.3) is 0 Å². The molecule has 0 saturated heterocycles. The quantitative estimate of drug-likeness (QED) is 0.779. The SMILES string of the molecule is CCc1ccc(N2C(=O)CC(c3ccc(OC)cc3)C3=C2COC3=O)cc1. The van der Waals surface area contributed by atoms with E-state index in [9.17, 15) is 9.59 Å². The van der Waals surface area contributed by atoms with Crippen molar-refractivity contribution in [2.24, 2.45) is 0 Å². The molecule has 0 bridgehead atoms. The van der Waals surface area contributed by atoms with Crippen LogP contribution in [-0.4, -0.2) is 25.6 Å². The van der Waals surface area contributed by atoms with Crippen LogP contribution in [0.3, 0.4) is 0 Å². The standard InChI is InChI=1S/C22H21NO4/c1-3-14-4-8-16(9-5-14)23-19-13-27-22(25)21(19)18(12-20(23)24)15-6-10-17(26-2)11-7-15/h4-11,18H,3,12-13H2,1-2H3. The first-order valence-electron chi connectivity index (χ1n) is 9.08. The number of esters is 1. The van der Waals surface area contributed by atoms with E-state index in [0.29, 0.717) is 11.3 Å². The minimum Gasteiger partial charge on any atom is -0.497 e. The Balaban J connectivity index is 1.76. The summed E-state index contributed by atoms with van der Waals surface area (Å²) in [5, 5.41) is 0. The van der Waals surface area contributed by atoms with Crippen molar-refractivity contribution in [1.82, 2.24) is 0 Å². The van der Waals surface area contributed by atoms with E-state index in [2.05, 4.69) is 6.92 Å². The van der Waals surface area contributed by atoms with Crippen molar-refractivity contribution < 1.29 is 19.1 Å². The lowest BCUT2D eigenvalue weighted by atomic mass is 9.84. The fraction of sp³-hybridized carbons (Fsp3) is 0.273. The summed E-state index contributed by atoms with van der Waals surface area (Å²) in [6.07, 6.45) is 1.17. The normalized spacial score (nSPS) is 19.2. The molecule has 2 aromatic rings. The second-order valence-electron chi connectivity index (χ2n) is 6.72. The fourth-order valence-electron chi connectivity index (χ4n) is 3.76. The highest BCUT2D eigenvalue weighted by molar-refractivity contribution is 6.06. The number of carbonyl (C=O) groups is 2. The summed E-state index contributed by atoms with van der Waals surface area (Å²) in [6.45, 7) is 2.21. The number of aryl methyl sites for hydroxylation is 1. The van der Waals surface area contributed by atoms with Crippen molar-refractivity contribution in [3.05, 3.63) is 70.9 Å². The largest absolute Gasteiger partial charge is 0.497 e. The van der Waals surface area contributed by atoms with E-state index in [0.717, 1.165) is 23.4 Å². The first-order valence-corrected chi connectivity index (χ1v) is 9.08. The van der Waals surface area contributed by atoms with Crippen LogP contribution in [0.5, 0.6) is 5.75 Å². The summed E-state index contributed by atoms with van der Waals surface area (Å²) in [4.78, 5) is 27.1. The maximum Gasteiger partial charge on any atom is 0.336 e. The number of anilines is 1. The Labute approximate surface area is 158 Å². The Morgan fingerprint density at radius 2 is 1.78 bits per heavy atom. The van der Waals surface area contributed by atoms with Gasteiger partial charge in [-0.3, -0.25) is 9.69 Å². The lowest BCUT2D eigenvalue weighted by Crippen LogP contribution is -2.37. The molecular weight excluding hydrogens is 342 g/mol. The number of methoxy groups -OCH3 is 1. The molecular formula is C22H21NO4. The van der Waals surface area contributed by atoms with Crippen molar-refractivity contribution in [2.75, 3.05) is 18.6 Å². The summed E-state index contributed by atoms with van der Waals surface area (Å²) < 4.78 is 10.5. The van der Waals surface area contributed by atoms with Gasteiger partial charge in [0.2, 0.25) is 5.91 Å². The van der Waals surface area contributed by atoms with Gasteiger partial charge in [-0.1, -0.05) is 31.2 Å². The molecule has 4 rings (SSSR count). The number of amides is 1. The van der Waals surface area contributed by atoms with Gasteiger partial charge in [0.15, 0.2) is 0 Å². The molecule has 138 valence electrons. The van der Waals surface area contributed by atoms with Crippen LogP contribution in [0, 0.1) is 0 Å². The molecule has 0 aliphatic carbocycles. The van der Waals surface area contributed by atoms with E-state index >= 15 is 0 Å². The van der Waals surface area contributed by atoms with E-state index < -0.39 is 0 Å². The average Bonchev–Trinajstić information content (AvgIpc) is 3.09. The zero-order chi connectivity index (χ0) is 19.0.